The van der Waals surface area contributed by atoms with Gasteiger partial charge in [0.15, 0.2) is 0 Å². The first-order chi connectivity index (χ1) is 13.4. The van der Waals surface area contributed by atoms with Crippen molar-refractivity contribution in [1.29, 1.82) is 0 Å². The maximum atomic E-state index is 13.4. The second-order valence-electron chi connectivity index (χ2n) is 6.76. The third kappa shape index (κ3) is 3.82. The van der Waals surface area contributed by atoms with Crippen LogP contribution in [-0.2, 0) is 14.3 Å². The smallest absolute Gasteiger partial charge is 0.295 e. The first kappa shape index (κ1) is 19.8. The SMILES string of the molecule is COCCCN1C(=O)C(=O)C(=C(O)c2ccc(C)cc2)[C@@H]1c1ccc(F)cc1. The van der Waals surface area contributed by atoms with Crippen LogP contribution >= 0.6 is 0 Å². The number of ether oxygens (including phenoxy) is 1. The molecule has 0 aromatic heterocycles. The Morgan fingerprint density at radius 3 is 2.36 bits per heavy atom. The van der Waals surface area contributed by atoms with Gasteiger partial charge in [-0.2, -0.15) is 0 Å². The van der Waals surface area contributed by atoms with E-state index in [0.717, 1.165) is 5.56 Å². The van der Waals surface area contributed by atoms with Crippen molar-refractivity contribution in [2.24, 2.45) is 0 Å². The van der Waals surface area contributed by atoms with Crippen molar-refractivity contribution in [3.63, 3.8) is 0 Å². The van der Waals surface area contributed by atoms with Gasteiger partial charge >= 0.3 is 0 Å². The lowest BCUT2D eigenvalue weighted by molar-refractivity contribution is -0.140. The summed E-state index contributed by atoms with van der Waals surface area (Å²) in [6, 6.07) is 11.9. The number of halogens is 1. The Balaban J connectivity index is 2.10. The van der Waals surface area contributed by atoms with Crippen LogP contribution in [0.25, 0.3) is 5.76 Å². The Morgan fingerprint density at radius 2 is 1.75 bits per heavy atom. The predicted octanol–water partition coefficient (Wildman–Crippen LogP) is 3.59. The predicted molar refractivity (Wildman–Crippen MR) is 103 cm³/mol. The van der Waals surface area contributed by atoms with Crippen LogP contribution in [0, 0.1) is 12.7 Å². The number of aliphatic hydroxyl groups excluding tert-OH is 1. The van der Waals surface area contributed by atoms with Crippen molar-refractivity contribution in [3.05, 3.63) is 76.6 Å². The maximum absolute atomic E-state index is 13.4. The molecule has 0 unspecified atom stereocenters. The molecule has 0 spiro atoms. The van der Waals surface area contributed by atoms with Crippen LogP contribution in [0.3, 0.4) is 0 Å². The molecule has 1 saturated heterocycles. The van der Waals surface area contributed by atoms with Crippen LogP contribution in [0.4, 0.5) is 4.39 Å². The van der Waals surface area contributed by atoms with Crippen molar-refractivity contribution in [1.82, 2.24) is 4.90 Å². The zero-order valence-electron chi connectivity index (χ0n) is 15.8. The van der Waals surface area contributed by atoms with E-state index in [0.29, 0.717) is 24.2 Å². The molecule has 0 aliphatic carbocycles. The van der Waals surface area contributed by atoms with Crippen molar-refractivity contribution in [3.8, 4) is 0 Å². The number of amides is 1. The lowest BCUT2D eigenvalue weighted by atomic mass is 9.95. The number of carbonyl (C=O) groups excluding carboxylic acids is 2. The molecule has 1 fully saturated rings. The summed E-state index contributed by atoms with van der Waals surface area (Å²) in [7, 11) is 1.56. The highest BCUT2D eigenvalue weighted by Crippen LogP contribution is 2.39. The second kappa shape index (κ2) is 8.35. The fraction of sp³-hybridized carbons (Fsp3) is 0.273. The van der Waals surface area contributed by atoms with Crippen LogP contribution in [0.15, 0.2) is 54.1 Å². The lowest BCUT2D eigenvalue weighted by Crippen LogP contribution is -2.31. The Morgan fingerprint density at radius 1 is 1.11 bits per heavy atom. The highest BCUT2D eigenvalue weighted by Gasteiger charge is 2.45. The van der Waals surface area contributed by atoms with Crippen molar-refractivity contribution in [2.75, 3.05) is 20.3 Å². The van der Waals surface area contributed by atoms with Crippen molar-refractivity contribution < 1.29 is 23.8 Å². The molecule has 6 heteroatoms. The Kier molecular flexibility index (Phi) is 5.90. The van der Waals surface area contributed by atoms with Gasteiger partial charge in [0.05, 0.1) is 11.6 Å². The Bertz CT molecular complexity index is 903. The third-order valence-electron chi connectivity index (χ3n) is 4.80. The number of ketones is 1. The number of carbonyl (C=O) groups is 2. The van der Waals surface area contributed by atoms with Crippen LogP contribution < -0.4 is 0 Å². The summed E-state index contributed by atoms with van der Waals surface area (Å²) in [6.45, 7) is 2.62. The van der Waals surface area contributed by atoms with Gasteiger partial charge in [0, 0.05) is 25.8 Å². The normalized spacial score (nSPS) is 18.7. The van der Waals surface area contributed by atoms with E-state index < -0.39 is 23.5 Å². The molecule has 0 radical (unpaired) electrons. The van der Waals surface area contributed by atoms with E-state index in [9.17, 15) is 19.1 Å². The van der Waals surface area contributed by atoms with E-state index >= 15 is 0 Å². The highest BCUT2D eigenvalue weighted by atomic mass is 19.1. The third-order valence-corrected chi connectivity index (χ3v) is 4.80. The number of aliphatic hydroxyl groups is 1. The van der Waals surface area contributed by atoms with Gasteiger partial charge in [-0.05, 0) is 31.0 Å². The molecular formula is C22H22FNO4. The van der Waals surface area contributed by atoms with Gasteiger partial charge in [-0.3, -0.25) is 9.59 Å². The molecule has 28 heavy (non-hydrogen) atoms. The van der Waals surface area contributed by atoms with Gasteiger partial charge in [-0.25, -0.2) is 4.39 Å². The number of Topliss-reactive ketones (excluding diaryl/α,β-unsaturated/α-hetero) is 1. The maximum Gasteiger partial charge on any atom is 0.295 e. The molecule has 1 amide bonds. The fourth-order valence-electron chi connectivity index (χ4n) is 3.35. The molecule has 2 aromatic carbocycles. The minimum absolute atomic E-state index is 0.0119. The topological polar surface area (TPSA) is 66.8 Å². The quantitative estimate of drug-likeness (QED) is 0.358. The second-order valence-corrected chi connectivity index (χ2v) is 6.76. The standard InChI is InChI=1S/C22H22FNO4/c1-14-4-6-16(7-5-14)20(25)18-19(15-8-10-17(23)11-9-15)24(12-3-13-28-2)22(27)21(18)26/h4-11,19,25H,3,12-13H2,1-2H3/t19-/m0/s1. The minimum atomic E-state index is -0.779. The molecule has 1 atom stereocenters. The van der Waals surface area contributed by atoms with Crippen LogP contribution in [0.5, 0.6) is 0 Å². The Labute approximate surface area is 163 Å². The summed E-state index contributed by atoms with van der Waals surface area (Å²) in [5.41, 5.74) is 2.03. The van der Waals surface area contributed by atoms with Crippen molar-refractivity contribution in [2.45, 2.75) is 19.4 Å². The zero-order valence-corrected chi connectivity index (χ0v) is 15.8. The van der Waals surface area contributed by atoms with E-state index in [-0.39, 0.29) is 17.9 Å². The number of nitrogens with zero attached hydrogens (tertiary/aromatic N) is 1. The number of hydrogen-bond acceptors (Lipinski definition) is 4. The summed E-state index contributed by atoms with van der Waals surface area (Å²) >= 11 is 0. The van der Waals surface area contributed by atoms with Gasteiger partial charge in [-0.15, -0.1) is 0 Å². The van der Waals surface area contributed by atoms with Gasteiger partial charge in [0.1, 0.15) is 11.6 Å². The zero-order chi connectivity index (χ0) is 20.3. The average Bonchev–Trinajstić information content (AvgIpc) is 2.94. The molecule has 2 aromatic rings. The summed E-state index contributed by atoms with van der Waals surface area (Å²) in [6.07, 6.45) is 0.534. The van der Waals surface area contributed by atoms with Gasteiger partial charge in [-0.1, -0.05) is 42.0 Å². The van der Waals surface area contributed by atoms with E-state index in [4.69, 9.17) is 4.74 Å². The molecule has 0 saturated carbocycles. The first-order valence-corrected chi connectivity index (χ1v) is 9.04. The molecule has 1 aliphatic heterocycles. The molecule has 3 rings (SSSR count). The molecule has 146 valence electrons. The summed E-state index contributed by atoms with van der Waals surface area (Å²) < 4.78 is 18.4. The van der Waals surface area contributed by atoms with Gasteiger partial charge < -0.3 is 14.7 Å². The molecular weight excluding hydrogens is 361 g/mol. The number of benzene rings is 2. The fourth-order valence-corrected chi connectivity index (χ4v) is 3.35. The molecule has 1 aliphatic rings. The summed E-state index contributed by atoms with van der Waals surface area (Å²) in [5.74, 6) is -2.08. The van der Waals surface area contributed by atoms with E-state index in [1.165, 1.54) is 29.2 Å². The molecule has 1 N–H and O–H groups in total. The number of methoxy groups -OCH3 is 1. The van der Waals surface area contributed by atoms with E-state index in [1.807, 2.05) is 19.1 Å². The first-order valence-electron chi connectivity index (χ1n) is 9.04. The number of aryl methyl sites for hydroxylation is 1. The molecule has 0 bridgehead atoms. The number of hydrogen-bond donors (Lipinski definition) is 1. The van der Waals surface area contributed by atoms with Crippen LogP contribution in [0.2, 0.25) is 0 Å². The Hall–Kier alpha value is -2.99. The largest absolute Gasteiger partial charge is 0.507 e. The number of rotatable bonds is 6. The number of likely N-dealkylation sites (tertiary alicyclic amines) is 1. The van der Waals surface area contributed by atoms with E-state index in [2.05, 4.69) is 0 Å². The lowest BCUT2D eigenvalue weighted by Gasteiger charge is -2.25. The molecule has 5 nitrogen and oxygen atoms in total. The van der Waals surface area contributed by atoms with Crippen LogP contribution in [0.1, 0.15) is 29.2 Å². The van der Waals surface area contributed by atoms with E-state index in [1.54, 1.807) is 19.2 Å². The highest BCUT2D eigenvalue weighted by molar-refractivity contribution is 6.46. The monoisotopic (exact) mass is 383 g/mol. The average molecular weight is 383 g/mol. The minimum Gasteiger partial charge on any atom is -0.507 e. The summed E-state index contributed by atoms with van der Waals surface area (Å²) in [5, 5.41) is 10.9. The van der Waals surface area contributed by atoms with Crippen molar-refractivity contribution >= 4 is 17.4 Å². The van der Waals surface area contributed by atoms with Gasteiger partial charge in [0.25, 0.3) is 11.7 Å². The van der Waals surface area contributed by atoms with Crippen LogP contribution in [-0.4, -0.2) is 42.0 Å². The molecule has 1 heterocycles. The summed E-state index contributed by atoms with van der Waals surface area (Å²) in [4.78, 5) is 26.8. The van der Waals surface area contributed by atoms with Gasteiger partial charge in [0.2, 0.25) is 0 Å².